The number of hydrazone groups is 1. The molecule has 1 heterocycles. The first-order valence-electron chi connectivity index (χ1n) is 10.3. The maximum absolute atomic E-state index is 12.6. The Labute approximate surface area is 187 Å². The predicted octanol–water partition coefficient (Wildman–Crippen LogP) is 5.68. The number of amides is 1. The third-order valence-corrected chi connectivity index (χ3v) is 6.56. The Bertz CT molecular complexity index is 1200. The molecule has 0 spiro atoms. The number of rotatable bonds is 3. The Morgan fingerprint density at radius 1 is 1.23 bits per heavy atom. The van der Waals surface area contributed by atoms with Crippen molar-refractivity contribution in [3.05, 3.63) is 70.2 Å². The SMILES string of the molecule is C[C@@H]1CC(C)(C)N(C)c2cc(Cl)c(/C=N\NC(=O)c3cc4ccccc4cc3O)cc21. The Morgan fingerprint density at radius 3 is 2.61 bits per heavy atom. The number of benzene rings is 3. The van der Waals surface area contributed by atoms with E-state index in [1.165, 1.54) is 5.56 Å². The van der Waals surface area contributed by atoms with Gasteiger partial charge < -0.3 is 10.0 Å². The molecule has 3 aromatic rings. The number of phenols is 1. The predicted molar refractivity (Wildman–Crippen MR) is 128 cm³/mol. The van der Waals surface area contributed by atoms with E-state index in [1.807, 2.05) is 36.4 Å². The Balaban J connectivity index is 1.57. The highest BCUT2D eigenvalue weighted by Crippen LogP contribution is 2.44. The molecule has 0 radical (unpaired) electrons. The van der Waals surface area contributed by atoms with E-state index in [-0.39, 0.29) is 16.9 Å². The maximum atomic E-state index is 12.6. The van der Waals surface area contributed by atoms with Gasteiger partial charge in [0.25, 0.3) is 5.91 Å². The lowest BCUT2D eigenvalue weighted by molar-refractivity contribution is 0.0952. The van der Waals surface area contributed by atoms with Gasteiger partial charge in [-0.2, -0.15) is 5.10 Å². The van der Waals surface area contributed by atoms with Gasteiger partial charge in [-0.1, -0.05) is 42.8 Å². The molecule has 0 bridgehead atoms. The average Bonchev–Trinajstić information content (AvgIpc) is 2.72. The highest BCUT2D eigenvalue weighted by molar-refractivity contribution is 6.33. The fourth-order valence-corrected chi connectivity index (χ4v) is 4.54. The molecule has 4 rings (SSSR count). The lowest BCUT2D eigenvalue weighted by Gasteiger charge is -2.45. The van der Waals surface area contributed by atoms with Gasteiger partial charge in [0, 0.05) is 23.8 Å². The summed E-state index contributed by atoms with van der Waals surface area (Å²) in [6.07, 6.45) is 2.58. The quantitative estimate of drug-likeness (QED) is 0.410. The van der Waals surface area contributed by atoms with Gasteiger partial charge in [0.2, 0.25) is 0 Å². The maximum Gasteiger partial charge on any atom is 0.275 e. The van der Waals surface area contributed by atoms with E-state index in [4.69, 9.17) is 11.6 Å². The summed E-state index contributed by atoms with van der Waals surface area (Å²) in [6, 6.07) is 14.8. The van der Waals surface area contributed by atoms with Gasteiger partial charge in [0.1, 0.15) is 5.75 Å². The number of nitrogens with one attached hydrogen (secondary N) is 1. The lowest BCUT2D eigenvalue weighted by Crippen LogP contribution is -2.45. The van der Waals surface area contributed by atoms with Crippen LogP contribution in [0.4, 0.5) is 5.69 Å². The first-order chi connectivity index (χ1) is 14.7. The van der Waals surface area contributed by atoms with Crippen LogP contribution in [0.2, 0.25) is 5.02 Å². The van der Waals surface area contributed by atoms with Crippen molar-refractivity contribution in [2.24, 2.45) is 5.10 Å². The van der Waals surface area contributed by atoms with Crippen LogP contribution in [0.1, 0.15) is 54.6 Å². The molecule has 3 aromatic carbocycles. The summed E-state index contributed by atoms with van der Waals surface area (Å²) < 4.78 is 0. The normalized spacial score (nSPS) is 17.7. The molecule has 0 saturated carbocycles. The zero-order valence-corrected chi connectivity index (χ0v) is 18.9. The van der Waals surface area contributed by atoms with E-state index in [0.717, 1.165) is 28.4 Å². The number of hydrogen-bond donors (Lipinski definition) is 2. The summed E-state index contributed by atoms with van der Waals surface area (Å²) in [5.41, 5.74) is 5.80. The van der Waals surface area contributed by atoms with Crippen molar-refractivity contribution < 1.29 is 9.90 Å². The molecule has 6 heteroatoms. The van der Waals surface area contributed by atoms with E-state index in [9.17, 15) is 9.90 Å². The number of nitrogens with zero attached hydrogens (tertiary/aromatic N) is 2. The second-order valence-electron chi connectivity index (χ2n) is 8.82. The van der Waals surface area contributed by atoms with Crippen molar-refractivity contribution in [3.8, 4) is 5.75 Å². The molecule has 2 N–H and O–H groups in total. The summed E-state index contributed by atoms with van der Waals surface area (Å²) in [4.78, 5) is 14.8. The average molecular weight is 436 g/mol. The van der Waals surface area contributed by atoms with Crippen LogP contribution < -0.4 is 10.3 Å². The van der Waals surface area contributed by atoms with Gasteiger partial charge in [-0.3, -0.25) is 4.79 Å². The van der Waals surface area contributed by atoms with Gasteiger partial charge in [0.15, 0.2) is 0 Å². The van der Waals surface area contributed by atoms with Gasteiger partial charge in [-0.15, -0.1) is 0 Å². The zero-order valence-electron chi connectivity index (χ0n) is 18.1. The van der Waals surface area contributed by atoms with E-state index >= 15 is 0 Å². The second-order valence-corrected chi connectivity index (χ2v) is 9.23. The minimum atomic E-state index is -0.483. The Hall–Kier alpha value is -3.05. The van der Waals surface area contributed by atoms with Crippen LogP contribution in [-0.2, 0) is 0 Å². The highest BCUT2D eigenvalue weighted by Gasteiger charge is 2.34. The number of carbonyl (C=O) groups excluding carboxylic acids is 1. The van der Waals surface area contributed by atoms with Crippen LogP contribution in [0.25, 0.3) is 10.8 Å². The molecule has 1 atom stereocenters. The molecular weight excluding hydrogens is 410 g/mol. The van der Waals surface area contributed by atoms with Crippen LogP contribution in [0.5, 0.6) is 5.75 Å². The minimum Gasteiger partial charge on any atom is -0.507 e. The summed E-state index contributed by atoms with van der Waals surface area (Å²) in [5.74, 6) is -0.184. The van der Waals surface area contributed by atoms with Crippen molar-refractivity contribution in [2.75, 3.05) is 11.9 Å². The van der Waals surface area contributed by atoms with Crippen LogP contribution in [0.3, 0.4) is 0 Å². The lowest BCUT2D eigenvalue weighted by atomic mass is 9.80. The first kappa shape index (κ1) is 21.2. The second kappa shape index (κ2) is 7.89. The first-order valence-corrected chi connectivity index (χ1v) is 10.7. The Morgan fingerprint density at radius 2 is 1.90 bits per heavy atom. The molecular formula is C25H26ClN3O2. The number of anilines is 1. The smallest absolute Gasteiger partial charge is 0.275 e. The van der Waals surface area contributed by atoms with E-state index in [1.54, 1.807) is 18.3 Å². The molecule has 1 aliphatic rings. The van der Waals surface area contributed by atoms with Crippen LogP contribution in [0.15, 0.2) is 53.6 Å². The molecule has 0 unspecified atom stereocenters. The largest absolute Gasteiger partial charge is 0.507 e. The fourth-order valence-electron chi connectivity index (χ4n) is 4.33. The van der Waals surface area contributed by atoms with Crippen LogP contribution in [-0.4, -0.2) is 29.8 Å². The van der Waals surface area contributed by atoms with Gasteiger partial charge >= 0.3 is 0 Å². The molecule has 0 aliphatic carbocycles. The van der Waals surface area contributed by atoms with Crippen LogP contribution in [0, 0.1) is 0 Å². The zero-order chi connectivity index (χ0) is 22.3. The summed E-state index contributed by atoms with van der Waals surface area (Å²) >= 11 is 6.52. The molecule has 31 heavy (non-hydrogen) atoms. The monoisotopic (exact) mass is 435 g/mol. The summed E-state index contributed by atoms with van der Waals surface area (Å²) in [5, 5.41) is 16.6. The molecule has 0 fully saturated rings. The number of fused-ring (bicyclic) bond motifs is 2. The van der Waals surface area contributed by atoms with Gasteiger partial charge in [-0.25, -0.2) is 5.43 Å². The molecule has 1 amide bonds. The fraction of sp³-hybridized carbons (Fsp3) is 0.280. The molecule has 1 aliphatic heterocycles. The number of phenolic OH excluding ortho intramolecular Hbond substituents is 1. The summed E-state index contributed by atoms with van der Waals surface area (Å²) in [6.45, 7) is 6.67. The van der Waals surface area contributed by atoms with Crippen molar-refractivity contribution in [2.45, 2.75) is 38.6 Å². The highest BCUT2D eigenvalue weighted by atomic mass is 35.5. The van der Waals surface area contributed by atoms with Gasteiger partial charge in [0.05, 0.1) is 16.8 Å². The van der Waals surface area contributed by atoms with E-state index in [0.29, 0.717) is 10.9 Å². The standard InChI is InChI=1S/C25H26ClN3O2/c1-15-13-25(2,3)29(4)22-12-21(26)18(10-19(15)22)14-27-28-24(31)20-9-16-7-5-6-8-17(16)11-23(20)30/h5-12,14-15,30H,13H2,1-4H3,(H,28,31)/b27-14-/t15-/m1/s1. The summed E-state index contributed by atoms with van der Waals surface area (Å²) in [7, 11) is 2.09. The van der Waals surface area contributed by atoms with E-state index in [2.05, 4.69) is 43.2 Å². The van der Waals surface area contributed by atoms with Gasteiger partial charge in [-0.05, 0) is 66.8 Å². The van der Waals surface area contributed by atoms with Crippen LogP contribution >= 0.6 is 11.6 Å². The Kier molecular flexibility index (Phi) is 5.40. The molecule has 0 saturated heterocycles. The van der Waals surface area contributed by atoms with E-state index < -0.39 is 5.91 Å². The minimum absolute atomic E-state index is 0.0567. The number of aromatic hydroxyl groups is 1. The van der Waals surface area contributed by atoms with Crippen molar-refractivity contribution in [1.29, 1.82) is 0 Å². The van der Waals surface area contributed by atoms with Crippen molar-refractivity contribution in [1.82, 2.24) is 5.43 Å². The molecule has 160 valence electrons. The van der Waals surface area contributed by atoms with Crippen molar-refractivity contribution >= 4 is 40.2 Å². The third kappa shape index (κ3) is 3.98. The third-order valence-electron chi connectivity index (χ3n) is 6.23. The molecule has 5 nitrogen and oxygen atoms in total. The van der Waals surface area contributed by atoms with Crippen molar-refractivity contribution in [3.63, 3.8) is 0 Å². The number of carbonyl (C=O) groups is 1. The topological polar surface area (TPSA) is 64.9 Å². The number of halogens is 1. The molecule has 0 aromatic heterocycles. The number of hydrogen-bond acceptors (Lipinski definition) is 4.